The van der Waals surface area contributed by atoms with E-state index in [0.29, 0.717) is 18.9 Å². The van der Waals surface area contributed by atoms with Gasteiger partial charge >= 0.3 is 5.97 Å². The lowest BCUT2D eigenvalue weighted by molar-refractivity contribution is -0.141. The normalized spacial score (nSPS) is 11.5. The fourth-order valence-electron chi connectivity index (χ4n) is 1.03. The second-order valence-corrected chi connectivity index (χ2v) is 3.33. The molecule has 0 aromatic carbocycles. The van der Waals surface area contributed by atoms with Crippen molar-refractivity contribution >= 4 is 11.9 Å². The third-order valence-electron chi connectivity index (χ3n) is 2.05. The SMILES string of the molecule is CC(CCNc1nccc(C#N)n1)C(=O)O. The molecule has 0 bridgehead atoms. The minimum absolute atomic E-state index is 0.281. The van der Waals surface area contributed by atoms with Gasteiger partial charge in [-0.15, -0.1) is 0 Å². The van der Waals surface area contributed by atoms with E-state index in [4.69, 9.17) is 10.4 Å². The van der Waals surface area contributed by atoms with E-state index in [1.54, 1.807) is 6.92 Å². The van der Waals surface area contributed by atoms with E-state index in [2.05, 4.69) is 15.3 Å². The molecule has 1 aromatic heterocycles. The van der Waals surface area contributed by atoms with Crippen LogP contribution >= 0.6 is 0 Å². The molecule has 84 valence electrons. The highest BCUT2D eigenvalue weighted by Gasteiger charge is 2.09. The molecule has 0 aliphatic rings. The van der Waals surface area contributed by atoms with Gasteiger partial charge in [-0.1, -0.05) is 6.92 Å². The summed E-state index contributed by atoms with van der Waals surface area (Å²) in [5, 5.41) is 20.1. The van der Waals surface area contributed by atoms with Crippen molar-refractivity contribution in [3.8, 4) is 6.07 Å². The first-order valence-corrected chi connectivity index (χ1v) is 4.83. The zero-order valence-electron chi connectivity index (χ0n) is 8.84. The Morgan fingerprint density at radius 3 is 3.12 bits per heavy atom. The highest BCUT2D eigenvalue weighted by molar-refractivity contribution is 5.69. The molecule has 0 amide bonds. The number of aliphatic carboxylic acids is 1. The van der Waals surface area contributed by atoms with Crippen LogP contribution in [0, 0.1) is 17.2 Å². The summed E-state index contributed by atoms with van der Waals surface area (Å²) in [6, 6.07) is 3.40. The van der Waals surface area contributed by atoms with E-state index >= 15 is 0 Å². The van der Waals surface area contributed by atoms with Gasteiger partial charge in [0.15, 0.2) is 0 Å². The number of aromatic nitrogens is 2. The zero-order chi connectivity index (χ0) is 12.0. The van der Waals surface area contributed by atoms with Gasteiger partial charge < -0.3 is 10.4 Å². The van der Waals surface area contributed by atoms with Crippen molar-refractivity contribution in [3.05, 3.63) is 18.0 Å². The molecule has 0 fully saturated rings. The van der Waals surface area contributed by atoms with Gasteiger partial charge in [-0.05, 0) is 12.5 Å². The standard InChI is InChI=1S/C10H12N4O2/c1-7(9(15)16)2-4-12-10-13-5-3-8(6-11)14-10/h3,5,7H,2,4H2,1H3,(H,15,16)(H,12,13,14). The smallest absolute Gasteiger partial charge is 0.306 e. The molecule has 0 saturated heterocycles. The fraction of sp³-hybridized carbons (Fsp3) is 0.400. The number of nitrogens with one attached hydrogen (secondary N) is 1. The van der Waals surface area contributed by atoms with Crippen molar-refractivity contribution in [1.29, 1.82) is 5.26 Å². The summed E-state index contributed by atoms with van der Waals surface area (Å²) in [5.74, 6) is -0.892. The second kappa shape index (κ2) is 5.66. The summed E-state index contributed by atoms with van der Waals surface area (Å²) in [6.07, 6.45) is 1.96. The Hall–Kier alpha value is -2.16. The first-order valence-electron chi connectivity index (χ1n) is 4.83. The maximum absolute atomic E-state index is 10.5. The number of carbonyl (C=O) groups is 1. The van der Waals surface area contributed by atoms with Gasteiger partial charge in [0.1, 0.15) is 11.8 Å². The van der Waals surface area contributed by atoms with Crippen LogP contribution in [0.15, 0.2) is 12.3 Å². The third-order valence-corrected chi connectivity index (χ3v) is 2.05. The van der Waals surface area contributed by atoms with Crippen LogP contribution in [0.5, 0.6) is 0 Å². The van der Waals surface area contributed by atoms with Crippen LogP contribution in [0.25, 0.3) is 0 Å². The average molecular weight is 220 g/mol. The van der Waals surface area contributed by atoms with Gasteiger partial charge in [0.25, 0.3) is 0 Å². The van der Waals surface area contributed by atoms with E-state index in [1.807, 2.05) is 6.07 Å². The summed E-state index contributed by atoms with van der Waals surface area (Å²) in [4.78, 5) is 18.4. The monoisotopic (exact) mass is 220 g/mol. The Morgan fingerprint density at radius 2 is 2.50 bits per heavy atom. The molecule has 0 radical (unpaired) electrons. The van der Waals surface area contributed by atoms with Crippen molar-refractivity contribution < 1.29 is 9.90 Å². The van der Waals surface area contributed by atoms with Crippen molar-refractivity contribution in [3.63, 3.8) is 0 Å². The molecule has 16 heavy (non-hydrogen) atoms. The van der Waals surface area contributed by atoms with Crippen LogP contribution in [-0.2, 0) is 4.79 Å². The number of nitrogens with zero attached hydrogens (tertiary/aromatic N) is 3. The van der Waals surface area contributed by atoms with E-state index in [0.717, 1.165) is 0 Å². The Bertz CT molecular complexity index is 414. The van der Waals surface area contributed by atoms with E-state index < -0.39 is 11.9 Å². The quantitative estimate of drug-likeness (QED) is 0.763. The molecule has 0 aliphatic carbocycles. The van der Waals surface area contributed by atoms with Gasteiger partial charge in [-0.2, -0.15) is 5.26 Å². The van der Waals surface area contributed by atoms with Crippen molar-refractivity contribution in [2.24, 2.45) is 5.92 Å². The molecule has 0 spiro atoms. The van der Waals surface area contributed by atoms with E-state index in [9.17, 15) is 4.79 Å². The molecule has 1 unspecified atom stereocenters. The summed E-state index contributed by atoms with van der Waals surface area (Å²) in [6.45, 7) is 2.10. The zero-order valence-corrected chi connectivity index (χ0v) is 8.84. The number of nitriles is 1. The second-order valence-electron chi connectivity index (χ2n) is 3.33. The maximum Gasteiger partial charge on any atom is 0.306 e. The van der Waals surface area contributed by atoms with Crippen LogP contribution in [0.2, 0.25) is 0 Å². The first kappa shape index (κ1) is 11.9. The molecular formula is C10H12N4O2. The molecule has 6 nitrogen and oxygen atoms in total. The van der Waals surface area contributed by atoms with Gasteiger partial charge in [-0.3, -0.25) is 4.79 Å². The molecule has 1 atom stereocenters. The number of hydrogen-bond donors (Lipinski definition) is 2. The lowest BCUT2D eigenvalue weighted by Crippen LogP contribution is -2.15. The lowest BCUT2D eigenvalue weighted by Gasteiger charge is -2.07. The van der Waals surface area contributed by atoms with Gasteiger partial charge in [0, 0.05) is 12.7 Å². The summed E-state index contributed by atoms with van der Waals surface area (Å²) < 4.78 is 0. The highest BCUT2D eigenvalue weighted by atomic mass is 16.4. The fourth-order valence-corrected chi connectivity index (χ4v) is 1.03. The number of carboxylic acids is 1. The summed E-state index contributed by atoms with van der Waals surface area (Å²) in [5.41, 5.74) is 0.281. The lowest BCUT2D eigenvalue weighted by atomic mass is 10.1. The van der Waals surface area contributed by atoms with Crippen LogP contribution in [0.4, 0.5) is 5.95 Å². The molecule has 0 aliphatic heterocycles. The topological polar surface area (TPSA) is 98.9 Å². The van der Waals surface area contributed by atoms with Crippen molar-refractivity contribution in [1.82, 2.24) is 9.97 Å². The largest absolute Gasteiger partial charge is 0.481 e. The van der Waals surface area contributed by atoms with Crippen LogP contribution in [0.3, 0.4) is 0 Å². The average Bonchev–Trinajstić information content (AvgIpc) is 2.29. The molecule has 1 heterocycles. The van der Waals surface area contributed by atoms with Gasteiger partial charge in [-0.25, -0.2) is 9.97 Å². The van der Waals surface area contributed by atoms with Gasteiger partial charge in [0.05, 0.1) is 5.92 Å². The predicted octanol–water partition coefficient (Wildman–Crippen LogP) is 0.871. The molecule has 2 N–H and O–H groups in total. The minimum Gasteiger partial charge on any atom is -0.481 e. The summed E-state index contributed by atoms with van der Waals surface area (Å²) in [7, 11) is 0. The third kappa shape index (κ3) is 3.53. The molecule has 6 heteroatoms. The Balaban J connectivity index is 2.43. The van der Waals surface area contributed by atoms with Crippen molar-refractivity contribution in [2.45, 2.75) is 13.3 Å². The minimum atomic E-state index is -0.825. The van der Waals surface area contributed by atoms with Crippen LogP contribution < -0.4 is 5.32 Å². The molecule has 0 saturated carbocycles. The number of carboxylic acid groups (broad SMARTS) is 1. The van der Waals surface area contributed by atoms with E-state index in [1.165, 1.54) is 12.3 Å². The number of anilines is 1. The first-order chi connectivity index (χ1) is 7.63. The Morgan fingerprint density at radius 1 is 1.75 bits per heavy atom. The Kier molecular flexibility index (Phi) is 4.21. The maximum atomic E-state index is 10.5. The van der Waals surface area contributed by atoms with Crippen LogP contribution in [-0.4, -0.2) is 27.6 Å². The van der Waals surface area contributed by atoms with Gasteiger partial charge in [0.2, 0.25) is 5.95 Å². The van der Waals surface area contributed by atoms with Crippen molar-refractivity contribution in [2.75, 3.05) is 11.9 Å². The predicted molar refractivity (Wildman–Crippen MR) is 56.7 cm³/mol. The van der Waals surface area contributed by atoms with Crippen LogP contribution in [0.1, 0.15) is 19.0 Å². The molecular weight excluding hydrogens is 208 g/mol. The van der Waals surface area contributed by atoms with E-state index in [-0.39, 0.29) is 5.69 Å². The summed E-state index contributed by atoms with van der Waals surface area (Å²) >= 11 is 0. The number of hydrogen-bond acceptors (Lipinski definition) is 5. The molecule has 1 aromatic rings. The molecule has 1 rings (SSSR count). The Labute approximate surface area is 93.0 Å². The highest BCUT2D eigenvalue weighted by Crippen LogP contribution is 2.03. The number of rotatable bonds is 5.